The highest BCUT2D eigenvalue weighted by Gasteiger charge is 2.59. The molecule has 2 aliphatic carbocycles. The monoisotopic (exact) mass is 373 g/mol. The van der Waals surface area contributed by atoms with E-state index < -0.39 is 5.97 Å². The van der Waals surface area contributed by atoms with Gasteiger partial charge in [-0.1, -0.05) is 30.4 Å². The van der Waals surface area contributed by atoms with E-state index in [1.54, 1.807) is 30.3 Å². The third kappa shape index (κ3) is 2.43. The van der Waals surface area contributed by atoms with Gasteiger partial charge in [-0.05, 0) is 61.1 Å². The van der Waals surface area contributed by atoms with Gasteiger partial charge >= 0.3 is 5.97 Å². The van der Waals surface area contributed by atoms with Crippen LogP contribution in [0.15, 0.2) is 60.7 Å². The van der Waals surface area contributed by atoms with E-state index >= 15 is 0 Å². The van der Waals surface area contributed by atoms with Crippen molar-refractivity contribution in [3.8, 4) is 5.75 Å². The van der Waals surface area contributed by atoms with Crippen molar-refractivity contribution >= 4 is 23.5 Å². The van der Waals surface area contributed by atoms with Gasteiger partial charge in [-0.25, -0.2) is 4.79 Å². The number of esters is 1. The molecule has 0 aromatic heterocycles. The molecule has 4 atom stereocenters. The first-order chi connectivity index (χ1) is 13.5. The number of para-hydroxylation sites is 1. The molecule has 2 aromatic rings. The first-order valence-electron chi connectivity index (χ1n) is 9.48. The third-order valence-electron chi connectivity index (χ3n) is 6.13. The van der Waals surface area contributed by atoms with Gasteiger partial charge < -0.3 is 4.74 Å². The molecular formula is C23H19NO4. The lowest BCUT2D eigenvalue weighted by Crippen LogP contribution is -2.32. The Hall–Kier alpha value is -3.21. The van der Waals surface area contributed by atoms with Gasteiger partial charge in [0.2, 0.25) is 11.8 Å². The number of rotatable bonds is 3. The lowest BCUT2D eigenvalue weighted by atomic mass is 9.85. The Morgan fingerprint density at radius 3 is 2.14 bits per heavy atom. The number of anilines is 1. The summed E-state index contributed by atoms with van der Waals surface area (Å²) in [6.45, 7) is 1.87. The minimum Gasteiger partial charge on any atom is -0.423 e. The molecule has 5 heteroatoms. The van der Waals surface area contributed by atoms with Crippen LogP contribution >= 0.6 is 0 Å². The number of hydrogen-bond acceptors (Lipinski definition) is 4. The predicted molar refractivity (Wildman–Crippen MR) is 103 cm³/mol. The second-order valence-electron chi connectivity index (χ2n) is 7.71. The standard InChI is InChI=1S/C23H19NO4/c1-13-4-2-3-5-18(13)28-23(27)14-8-10-17(11-9-14)24-21(25)19-15-6-7-16(12-15)20(19)22(24)26/h2-11,15-16,19-20H,12H2,1H3/t15-,16-,19+,20+/m0/s1. The Balaban J connectivity index is 1.36. The summed E-state index contributed by atoms with van der Waals surface area (Å²) in [4.78, 5) is 39.4. The summed E-state index contributed by atoms with van der Waals surface area (Å²) in [6, 6.07) is 13.8. The Morgan fingerprint density at radius 2 is 1.54 bits per heavy atom. The number of benzene rings is 2. The summed E-state index contributed by atoms with van der Waals surface area (Å²) in [5.41, 5.74) is 1.75. The van der Waals surface area contributed by atoms with Crippen LogP contribution in [0, 0.1) is 30.6 Å². The van der Waals surface area contributed by atoms with E-state index in [-0.39, 0.29) is 35.5 Å². The van der Waals surface area contributed by atoms with Crippen molar-refractivity contribution in [1.29, 1.82) is 0 Å². The van der Waals surface area contributed by atoms with Gasteiger partial charge in [0.1, 0.15) is 5.75 Å². The van der Waals surface area contributed by atoms with Crippen LogP contribution in [0.5, 0.6) is 5.75 Å². The fourth-order valence-corrected chi connectivity index (χ4v) is 4.73. The third-order valence-corrected chi connectivity index (χ3v) is 6.13. The number of allylic oxidation sites excluding steroid dienone is 2. The van der Waals surface area contributed by atoms with E-state index in [4.69, 9.17) is 4.74 Å². The smallest absolute Gasteiger partial charge is 0.343 e. The van der Waals surface area contributed by atoms with Crippen molar-refractivity contribution in [3.63, 3.8) is 0 Å². The molecule has 5 rings (SSSR count). The molecular weight excluding hydrogens is 354 g/mol. The topological polar surface area (TPSA) is 63.7 Å². The molecule has 5 nitrogen and oxygen atoms in total. The summed E-state index contributed by atoms with van der Waals surface area (Å²) in [7, 11) is 0. The zero-order valence-corrected chi connectivity index (χ0v) is 15.4. The second kappa shape index (κ2) is 6.16. The lowest BCUT2D eigenvalue weighted by Gasteiger charge is -2.17. The highest BCUT2D eigenvalue weighted by Crippen LogP contribution is 2.53. The van der Waals surface area contributed by atoms with Gasteiger partial charge in [0, 0.05) is 0 Å². The van der Waals surface area contributed by atoms with E-state index in [2.05, 4.69) is 12.2 Å². The summed E-state index contributed by atoms with van der Waals surface area (Å²) in [5.74, 6) is -0.304. The number of nitrogens with zero attached hydrogens (tertiary/aromatic N) is 1. The van der Waals surface area contributed by atoms with Crippen LogP contribution in [0.3, 0.4) is 0 Å². The fraction of sp³-hybridized carbons (Fsp3) is 0.261. The molecule has 28 heavy (non-hydrogen) atoms. The van der Waals surface area contributed by atoms with Crippen LogP contribution in [-0.4, -0.2) is 17.8 Å². The van der Waals surface area contributed by atoms with Crippen molar-refractivity contribution in [3.05, 3.63) is 71.8 Å². The quantitative estimate of drug-likeness (QED) is 0.357. The van der Waals surface area contributed by atoms with Gasteiger partial charge in [-0.15, -0.1) is 0 Å². The minimum atomic E-state index is -0.473. The molecule has 2 aromatic carbocycles. The first kappa shape index (κ1) is 16.9. The molecule has 0 unspecified atom stereocenters. The van der Waals surface area contributed by atoms with E-state index in [0.717, 1.165) is 12.0 Å². The van der Waals surface area contributed by atoms with E-state index in [0.29, 0.717) is 17.0 Å². The van der Waals surface area contributed by atoms with Crippen LogP contribution in [0.4, 0.5) is 5.69 Å². The van der Waals surface area contributed by atoms with Crippen LogP contribution < -0.4 is 9.64 Å². The Morgan fingerprint density at radius 1 is 0.929 bits per heavy atom. The molecule has 1 aliphatic heterocycles. The molecule has 3 aliphatic rings. The fourth-order valence-electron chi connectivity index (χ4n) is 4.73. The molecule has 0 N–H and O–H groups in total. The van der Waals surface area contributed by atoms with E-state index in [1.807, 2.05) is 25.1 Å². The van der Waals surface area contributed by atoms with Crippen molar-refractivity contribution < 1.29 is 19.1 Å². The van der Waals surface area contributed by atoms with E-state index in [1.165, 1.54) is 4.90 Å². The Labute approximate surface area is 162 Å². The Bertz CT molecular complexity index is 993. The van der Waals surface area contributed by atoms with Gasteiger partial charge in [0.15, 0.2) is 0 Å². The number of aryl methyl sites for hydroxylation is 1. The van der Waals surface area contributed by atoms with Gasteiger partial charge in [0.05, 0.1) is 23.1 Å². The number of carbonyl (C=O) groups is 3. The number of fused-ring (bicyclic) bond motifs is 5. The number of ether oxygens (including phenoxy) is 1. The summed E-state index contributed by atoms with van der Waals surface area (Å²) in [5, 5.41) is 0. The summed E-state index contributed by atoms with van der Waals surface area (Å²) in [6.07, 6.45) is 5.06. The Kier molecular flexibility index (Phi) is 3.72. The summed E-state index contributed by atoms with van der Waals surface area (Å²) < 4.78 is 5.44. The highest BCUT2D eigenvalue weighted by atomic mass is 16.5. The number of hydrogen-bond donors (Lipinski definition) is 0. The molecule has 1 saturated heterocycles. The van der Waals surface area contributed by atoms with Crippen molar-refractivity contribution in [1.82, 2.24) is 0 Å². The van der Waals surface area contributed by atoms with Crippen molar-refractivity contribution in [2.75, 3.05) is 4.90 Å². The molecule has 0 radical (unpaired) electrons. The van der Waals surface area contributed by atoms with Crippen LogP contribution in [0.1, 0.15) is 22.3 Å². The second-order valence-corrected chi connectivity index (χ2v) is 7.71. The number of amides is 2. The molecule has 140 valence electrons. The first-order valence-corrected chi connectivity index (χ1v) is 9.48. The maximum Gasteiger partial charge on any atom is 0.343 e. The molecule has 1 saturated carbocycles. The molecule has 1 heterocycles. The SMILES string of the molecule is Cc1ccccc1OC(=O)c1ccc(N2C(=O)[C@H]3[C@H](C2=O)[C@H]2C=C[C@H]3C2)cc1. The average Bonchev–Trinajstić information content (AvgIpc) is 3.38. The largest absolute Gasteiger partial charge is 0.423 e. The van der Waals surface area contributed by atoms with Crippen LogP contribution in [-0.2, 0) is 9.59 Å². The zero-order valence-electron chi connectivity index (χ0n) is 15.4. The number of imide groups is 1. The summed E-state index contributed by atoms with van der Waals surface area (Å²) >= 11 is 0. The molecule has 2 fully saturated rings. The van der Waals surface area contributed by atoms with Gasteiger partial charge in [0.25, 0.3) is 0 Å². The lowest BCUT2D eigenvalue weighted by molar-refractivity contribution is -0.123. The van der Waals surface area contributed by atoms with Gasteiger partial charge in [-0.3, -0.25) is 14.5 Å². The molecule has 2 amide bonds. The average molecular weight is 373 g/mol. The molecule has 0 spiro atoms. The van der Waals surface area contributed by atoms with Crippen LogP contribution in [0.2, 0.25) is 0 Å². The van der Waals surface area contributed by atoms with Crippen molar-refractivity contribution in [2.24, 2.45) is 23.7 Å². The zero-order chi connectivity index (χ0) is 19.4. The maximum atomic E-state index is 12.9. The molecule has 2 bridgehead atoms. The number of carbonyl (C=O) groups excluding carboxylic acids is 3. The van der Waals surface area contributed by atoms with Crippen molar-refractivity contribution in [2.45, 2.75) is 13.3 Å². The normalized spacial score (nSPS) is 27.4. The van der Waals surface area contributed by atoms with Gasteiger partial charge in [-0.2, -0.15) is 0 Å². The van der Waals surface area contributed by atoms with E-state index in [9.17, 15) is 14.4 Å². The highest BCUT2D eigenvalue weighted by molar-refractivity contribution is 6.22. The predicted octanol–water partition coefficient (Wildman–Crippen LogP) is 3.53. The minimum absolute atomic E-state index is 0.123. The van der Waals surface area contributed by atoms with Crippen LogP contribution in [0.25, 0.3) is 0 Å². The maximum absolute atomic E-state index is 12.9.